The molecule has 3 heterocycles. The van der Waals surface area contributed by atoms with E-state index in [1.54, 1.807) is 6.07 Å². The van der Waals surface area contributed by atoms with Crippen molar-refractivity contribution in [3.63, 3.8) is 0 Å². The lowest BCUT2D eigenvalue weighted by Crippen LogP contribution is -2.74. The number of fused-ring (bicyclic) bond motifs is 3. The molecule has 160 valence electrons. The Kier molecular flexibility index (Phi) is 3.73. The first kappa shape index (κ1) is 18.9. The molecule has 2 aliphatic carbocycles. The molecule has 2 aliphatic heterocycles. The van der Waals surface area contributed by atoms with Crippen LogP contribution in [0.25, 0.3) is 10.9 Å². The number of aromatic nitrogens is 1. The molecule has 4 aliphatic rings. The molecule has 0 radical (unpaired) electrons. The highest BCUT2D eigenvalue weighted by molar-refractivity contribution is 5.80. The van der Waals surface area contributed by atoms with Crippen molar-refractivity contribution in [2.24, 2.45) is 0 Å². The standard InChI is InChI=1S/C23H20N2O4.C2H6/c26-15-6-5-11-9-16-23(28)10-13-18(25-14-4-2-1-3-12(14)19(13)27)21-22(23,7-8-24-16)17(11)20(15)29-21;1-2/h1-6,16,21,24,26,28H,7-10H2,(H,25,27);1-2H3/t16-,21+,22+,23-;/m1./s1. The molecule has 0 amide bonds. The first-order valence-electron chi connectivity index (χ1n) is 11.2. The summed E-state index contributed by atoms with van der Waals surface area (Å²) in [5.74, 6) is 0.560. The Labute approximate surface area is 179 Å². The third-order valence-electron chi connectivity index (χ3n) is 7.78. The molecular formula is C25H26N2O4. The number of hydrogen-bond donors (Lipinski definition) is 4. The van der Waals surface area contributed by atoms with Crippen LogP contribution in [-0.4, -0.2) is 33.4 Å². The second-order valence-corrected chi connectivity index (χ2v) is 8.87. The number of aromatic amines is 1. The molecule has 6 heteroatoms. The molecule has 2 bridgehead atoms. The molecule has 2 aromatic carbocycles. The van der Waals surface area contributed by atoms with Gasteiger partial charge >= 0.3 is 0 Å². The van der Waals surface area contributed by atoms with Gasteiger partial charge in [0.15, 0.2) is 23.0 Å². The summed E-state index contributed by atoms with van der Waals surface area (Å²) in [4.78, 5) is 16.8. The molecule has 4 atom stereocenters. The van der Waals surface area contributed by atoms with Crippen molar-refractivity contribution in [2.75, 3.05) is 6.54 Å². The summed E-state index contributed by atoms with van der Waals surface area (Å²) < 4.78 is 6.40. The molecule has 3 aromatic rings. The van der Waals surface area contributed by atoms with Gasteiger partial charge in [-0.2, -0.15) is 0 Å². The highest BCUT2D eigenvalue weighted by atomic mass is 16.5. The van der Waals surface area contributed by atoms with Crippen molar-refractivity contribution in [3.8, 4) is 11.5 Å². The molecular weight excluding hydrogens is 392 g/mol. The molecule has 1 aromatic heterocycles. The van der Waals surface area contributed by atoms with Crippen LogP contribution in [-0.2, 0) is 18.3 Å². The number of nitrogens with one attached hydrogen (secondary N) is 2. The normalized spacial score (nSPS) is 31.2. The Bertz CT molecular complexity index is 1300. The van der Waals surface area contributed by atoms with E-state index in [4.69, 9.17) is 4.74 Å². The van der Waals surface area contributed by atoms with E-state index in [-0.39, 0.29) is 23.6 Å². The van der Waals surface area contributed by atoms with Gasteiger partial charge in [-0.25, -0.2) is 0 Å². The minimum atomic E-state index is -1.15. The van der Waals surface area contributed by atoms with E-state index in [9.17, 15) is 15.0 Å². The number of rotatable bonds is 0. The molecule has 7 rings (SSSR count). The van der Waals surface area contributed by atoms with Crippen molar-refractivity contribution < 1.29 is 14.9 Å². The van der Waals surface area contributed by atoms with Crippen LogP contribution in [0.15, 0.2) is 41.2 Å². The van der Waals surface area contributed by atoms with Gasteiger partial charge in [-0.1, -0.05) is 32.0 Å². The first-order chi connectivity index (χ1) is 15.0. The van der Waals surface area contributed by atoms with Crippen molar-refractivity contribution in [1.29, 1.82) is 0 Å². The highest BCUT2D eigenvalue weighted by Crippen LogP contribution is 2.67. The number of aromatic hydroxyl groups is 1. The Morgan fingerprint density at radius 1 is 1.16 bits per heavy atom. The lowest BCUT2D eigenvalue weighted by molar-refractivity contribution is -0.134. The lowest BCUT2D eigenvalue weighted by atomic mass is 9.49. The number of phenolic OH excluding ortho intramolecular Hbond substituents is 1. The maximum absolute atomic E-state index is 13.4. The number of H-pyrrole nitrogens is 1. The first-order valence-corrected chi connectivity index (χ1v) is 11.2. The predicted octanol–water partition coefficient (Wildman–Crippen LogP) is 2.84. The van der Waals surface area contributed by atoms with Gasteiger partial charge in [0.1, 0.15) is 0 Å². The Morgan fingerprint density at radius 2 is 1.97 bits per heavy atom. The van der Waals surface area contributed by atoms with E-state index in [0.29, 0.717) is 29.5 Å². The second-order valence-electron chi connectivity index (χ2n) is 8.87. The zero-order chi connectivity index (χ0) is 21.5. The van der Waals surface area contributed by atoms with Crippen LogP contribution in [0, 0.1) is 0 Å². The van der Waals surface area contributed by atoms with Crippen molar-refractivity contribution in [3.05, 3.63) is 69.0 Å². The van der Waals surface area contributed by atoms with Crippen molar-refractivity contribution in [2.45, 2.75) is 56.3 Å². The fraction of sp³-hybridized carbons (Fsp3) is 0.400. The fourth-order valence-corrected chi connectivity index (χ4v) is 6.59. The summed E-state index contributed by atoms with van der Waals surface area (Å²) >= 11 is 0. The molecule has 4 N–H and O–H groups in total. The maximum atomic E-state index is 13.4. The van der Waals surface area contributed by atoms with Crippen LogP contribution < -0.4 is 15.5 Å². The zero-order valence-corrected chi connectivity index (χ0v) is 17.7. The topological polar surface area (TPSA) is 94.6 Å². The van der Waals surface area contributed by atoms with E-state index in [2.05, 4.69) is 10.3 Å². The summed E-state index contributed by atoms with van der Waals surface area (Å²) in [6.07, 6.45) is 1.08. The highest BCUT2D eigenvalue weighted by Gasteiger charge is 2.71. The quantitative estimate of drug-likeness (QED) is 0.450. The number of pyridine rings is 1. The number of piperidine rings is 1. The maximum Gasteiger partial charge on any atom is 0.193 e. The predicted molar refractivity (Wildman–Crippen MR) is 118 cm³/mol. The summed E-state index contributed by atoms with van der Waals surface area (Å²) in [5.41, 5.74) is 2.26. The van der Waals surface area contributed by atoms with Crippen LogP contribution in [0.2, 0.25) is 0 Å². The second kappa shape index (κ2) is 6.11. The number of para-hydroxylation sites is 1. The number of benzene rings is 2. The Balaban J connectivity index is 0.000000902. The Hall–Kier alpha value is -2.83. The van der Waals surface area contributed by atoms with Crippen LogP contribution in [0.3, 0.4) is 0 Å². The molecule has 31 heavy (non-hydrogen) atoms. The van der Waals surface area contributed by atoms with E-state index in [0.717, 1.165) is 28.9 Å². The number of hydrogen-bond acceptors (Lipinski definition) is 5. The SMILES string of the molecule is CC.O=c1c2c([nH]c3ccccc13)[C@@H]1Oc3c(O)ccc4c3[C@@]13CCN[C@H](C4)[C@]3(O)C2. The average Bonchev–Trinajstić information content (AvgIpc) is 3.13. The van der Waals surface area contributed by atoms with Gasteiger partial charge < -0.3 is 25.3 Å². The van der Waals surface area contributed by atoms with Crippen molar-refractivity contribution in [1.82, 2.24) is 10.3 Å². The van der Waals surface area contributed by atoms with Crippen LogP contribution >= 0.6 is 0 Å². The summed E-state index contributed by atoms with van der Waals surface area (Å²) in [7, 11) is 0. The zero-order valence-electron chi connectivity index (χ0n) is 17.7. The molecule has 1 fully saturated rings. The van der Waals surface area contributed by atoms with Gasteiger partial charge in [-0.05, 0) is 43.1 Å². The third kappa shape index (κ3) is 2.03. The molecule has 6 nitrogen and oxygen atoms in total. The van der Waals surface area contributed by atoms with E-state index < -0.39 is 17.1 Å². The van der Waals surface area contributed by atoms with Gasteiger partial charge in [0, 0.05) is 34.5 Å². The Morgan fingerprint density at radius 3 is 2.81 bits per heavy atom. The van der Waals surface area contributed by atoms with Gasteiger partial charge in [0.05, 0.1) is 16.7 Å². The number of aliphatic hydroxyl groups is 1. The number of ether oxygens (including phenoxy) is 1. The van der Waals surface area contributed by atoms with Gasteiger partial charge in [0.2, 0.25) is 0 Å². The largest absolute Gasteiger partial charge is 0.504 e. The number of phenols is 1. The monoisotopic (exact) mass is 418 g/mol. The van der Waals surface area contributed by atoms with E-state index in [1.807, 2.05) is 44.2 Å². The summed E-state index contributed by atoms with van der Waals surface area (Å²) in [5, 5.41) is 26.9. The van der Waals surface area contributed by atoms with Crippen LogP contribution in [0.4, 0.5) is 0 Å². The lowest BCUT2D eigenvalue weighted by Gasteiger charge is -2.60. The van der Waals surface area contributed by atoms with Crippen LogP contribution in [0.5, 0.6) is 11.5 Å². The summed E-state index contributed by atoms with van der Waals surface area (Å²) in [6.45, 7) is 4.76. The molecule has 0 unspecified atom stereocenters. The smallest absolute Gasteiger partial charge is 0.193 e. The van der Waals surface area contributed by atoms with Gasteiger partial charge in [-0.3, -0.25) is 4.79 Å². The molecule has 0 saturated carbocycles. The fourth-order valence-electron chi connectivity index (χ4n) is 6.59. The van der Waals surface area contributed by atoms with E-state index in [1.165, 1.54) is 0 Å². The summed E-state index contributed by atoms with van der Waals surface area (Å²) in [6, 6.07) is 10.9. The third-order valence-corrected chi connectivity index (χ3v) is 7.78. The molecule has 1 saturated heterocycles. The van der Waals surface area contributed by atoms with Gasteiger partial charge in [-0.15, -0.1) is 0 Å². The van der Waals surface area contributed by atoms with E-state index >= 15 is 0 Å². The van der Waals surface area contributed by atoms with Crippen LogP contribution in [0.1, 0.15) is 48.8 Å². The molecule has 1 spiro atoms. The van der Waals surface area contributed by atoms with Crippen molar-refractivity contribution >= 4 is 10.9 Å². The average molecular weight is 418 g/mol. The minimum Gasteiger partial charge on any atom is -0.504 e. The van der Waals surface area contributed by atoms with Gasteiger partial charge in [0.25, 0.3) is 0 Å². The minimum absolute atomic E-state index is 0.0507.